The molecule has 1 unspecified atom stereocenters. The molecule has 2 amide bonds. The average molecular weight is 257 g/mol. The molecule has 0 aliphatic carbocycles. The second kappa shape index (κ2) is 6.47. The van der Waals surface area contributed by atoms with Crippen LogP contribution in [0.3, 0.4) is 0 Å². The summed E-state index contributed by atoms with van der Waals surface area (Å²) in [6.07, 6.45) is 0. The Balaban J connectivity index is 2.65. The monoisotopic (exact) mass is 256 g/mol. The Morgan fingerprint density at radius 1 is 1.29 bits per heavy atom. The molecule has 17 heavy (non-hydrogen) atoms. The van der Waals surface area contributed by atoms with E-state index in [1.807, 2.05) is 13.8 Å². The molecule has 3 N–H and O–H groups in total. The molecule has 94 valence electrons. The Bertz CT molecular complexity index is 365. The van der Waals surface area contributed by atoms with Gasteiger partial charge in [0.15, 0.2) is 0 Å². The third-order valence-corrected chi connectivity index (χ3v) is 2.43. The molecule has 5 heteroatoms. The molecular formula is C12H17ClN2O2. The van der Waals surface area contributed by atoms with E-state index in [0.717, 1.165) is 5.56 Å². The van der Waals surface area contributed by atoms with Crippen LogP contribution in [0, 0.1) is 0 Å². The molecule has 0 radical (unpaired) electrons. The summed E-state index contributed by atoms with van der Waals surface area (Å²) in [6, 6.07) is 6.33. The predicted octanol–water partition coefficient (Wildman–Crippen LogP) is 2.08. The zero-order chi connectivity index (χ0) is 12.8. The fourth-order valence-electron chi connectivity index (χ4n) is 1.39. The van der Waals surface area contributed by atoms with E-state index in [-0.39, 0.29) is 18.7 Å². The van der Waals surface area contributed by atoms with E-state index in [2.05, 4.69) is 10.6 Å². The van der Waals surface area contributed by atoms with Gasteiger partial charge in [-0.15, -0.1) is 0 Å². The van der Waals surface area contributed by atoms with Crippen molar-refractivity contribution >= 4 is 17.6 Å². The Hall–Kier alpha value is -1.26. The van der Waals surface area contributed by atoms with Gasteiger partial charge < -0.3 is 15.7 Å². The number of hydrogen-bond acceptors (Lipinski definition) is 2. The zero-order valence-corrected chi connectivity index (χ0v) is 10.7. The van der Waals surface area contributed by atoms with Gasteiger partial charge in [-0.25, -0.2) is 4.79 Å². The molecular weight excluding hydrogens is 240 g/mol. The molecule has 1 rings (SSSR count). The van der Waals surface area contributed by atoms with Crippen LogP contribution < -0.4 is 10.6 Å². The van der Waals surface area contributed by atoms with Crippen molar-refractivity contribution in [1.29, 1.82) is 0 Å². The lowest BCUT2D eigenvalue weighted by Gasteiger charge is -2.18. The summed E-state index contributed by atoms with van der Waals surface area (Å²) in [5, 5.41) is 15.3. The van der Waals surface area contributed by atoms with E-state index in [4.69, 9.17) is 11.6 Å². The quantitative estimate of drug-likeness (QED) is 0.772. The normalized spacial score (nSPS) is 12.3. The SMILES string of the molecule is CC(C)NC(=O)NC(CO)c1ccc(Cl)cc1. The van der Waals surface area contributed by atoms with Crippen LogP contribution in [0.15, 0.2) is 24.3 Å². The van der Waals surface area contributed by atoms with Crippen molar-refractivity contribution in [3.8, 4) is 0 Å². The smallest absolute Gasteiger partial charge is 0.315 e. The molecule has 0 aromatic heterocycles. The van der Waals surface area contributed by atoms with E-state index in [9.17, 15) is 9.90 Å². The van der Waals surface area contributed by atoms with Gasteiger partial charge in [0.1, 0.15) is 0 Å². The maximum atomic E-state index is 11.5. The van der Waals surface area contributed by atoms with Gasteiger partial charge in [-0.1, -0.05) is 23.7 Å². The molecule has 1 aromatic rings. The number of benzene rings is 1. The highest BCUT2D eigenvalue weighted by Gasteiger charge is 2.13. The van der Waals surface area contributed by atoms with Crippen LogP contribution in [0.1, 0.15) is 25.5 Å². The summed E-state index contributed by atoms with van der Waals surface area (Å²) in [4.78, 5) is 11.5. The summed E-state index contributed by atoms with van der Waals surface area (Å²) in [7, 11) is 0. The van der Waals surface area contributed by atoms with Crippen LogP contribution in [-0.2, 0) is 0 Å². The Labute approximate surface area is 106 Å². The maximum Gasteiger partial charge on any atom is 0.315 e. The predicted molar refractivity (Wildman–Crippen MR) is 68.1 cm³/mol. The number of rotatable bonds is 4. The number of hydrogen-bond donors (Lipinski definition) is 3. The Morgan fingerprint density at radius 2 is 1.88 bits per heavy atom. The standard InChI is InChI=1S/C12H17ClN2O2/c1-8(2)14-12(17)15-11(7-16)9-3-5-10(13)6-4-9/h3-6,8,11,16H,7H2,1-2H3,(H2,14,15,17). The lowest BCUT2D eigenvalue weighted by molar-refractivity contribution is 0.215. The fraction of sp³-hybridized carbons (Fsp3) is 0.417. The Kier molecular flexibility index (Phi) is 5.25. The first-order valence-corrected chi connectivity index (χ1v) is 5.84. The van der Waals surface area contributed by atoms with Crippen LogP contribution >= 0.6 is 11.6 Å². The average Bonchev–Trinajstić information content (AvgIpc) is 2.26. The molecule has 4 nitrogen and oxygen atoms in total. The van der Waals surface area contributed by atoms with Crippen molar-refractivity contribution in [2.24, 2.45) is 0 Å². The fourth-order valence-corrected chi connectivity index (χ4v) is 1.52. The van der Waals surface area contributed by atoms with Crippen LogP contribution in [0.5, 0.6) is 0 Å². The van der Waals surface area contributed by atoms with E-state index in [1.54, 1.807) is 24.3 Å². The summed E-state index contributed by atoms with van der Waals surface area (Å²) in [5.74, 6) is 0. The van der Waals surface area contributed by atoms with Crippen molar-refractivity contribution < 1.29 is 9.90 Å². The van der Waals surface area contributed by atoms with Crippen LogP contribution in [-0.4, -0.2) is 23.8 Å². The summed E-state index contributed by atoms with van der Waals surface area (Å²) < 4.78 is 0. The molecule has 1 atom stereocenters. The molecule has 0 saturated carbocycles. The van der Waals surface area contributed by atoms with Crippen molar-refractivity contribution in [2.45, 2.75) is 25.9 Å². The van der Waals surface area contributed by atoms with E-state index >= 15 is 0 Å². The number of nitrogens with one attached hydrogen (secondary N) is 2. The minimum Gasteiger partial charge on any atom is -0.394 e. The van der Waals surface area contributed by atoms with Gasteiger partial charge in [0.2, 0.25) is 0 Å². The van der Waals surface area contributed by atoms with Gasteiger partial charge in [-0.3, -0.25) is 0 Å². The highest BCUT2D eigenvalue weighted by Crippen LogP contribution is 2.16. The lowest BCUT2D eigenvalue weighted by Crippen LogP contribution is -2.42. The second-order valence-corrected chi connectivity index (χ2v) is 4.50. The minimum absolute atomic E-state index is 0.0551. The van der Waals surface area contributed by atoms with E-state index < -0.39 is 6.04 Å². The second-order valence-electron chi connectivity index (χ2n) is 4.06. The maximum absolute atomic E-state index is 11.5. The van der Waals surface area contributed by atoms with Gasteiger partial charge in [-0.2, -0.15) is 0 Å². The largest absolute Gasteiger partial charge is 0.394 e. The third kappa shape index (κ3) is 4.63. The first-order chi connectivity index (χ1) is 8.02. The lowest BCUT2D eigenvalue weighted by atomic mass is 10.1. The van der Waals surface area contributed by atoms with Crippen molar-refractivity contribution in [2.75, 3.05) is 6.61 Å². The number of amides is 2. The molecule has 0 aliphatic heterocycles. The van der Waals surface area contributed by atoms with Crippen LogP contribution in [0.2, 0.25) is 5.02 Å². The van der Waals surface area contributed by atoms with Gasteiger partial charge in [0.25, 0.3) is 0 Å². The van der Waals surface area contributed by atoms with Crippen LogP contribution in [0.4, 0.5) is 4.79 Å². The topological polar surface area (TPSA) is 61.4 Å². The minimum atomic E-state index is -0.425. The summed E-state index contributed by atoms with van der Waals surface area (Å²) in [6.45, 7) is 3.58. The molecule has 1 aromatic carbocycles. The third-order valence-electron chi connectivity index (χ3n) is 2.18. The summed E-state index contributed by atoms with van der Waals surface area (Å²) in [5.41, 5.74) is 0.816. The van der Waals surface area contributed by atoms with Gasteiger partial charge >= 0.3 is 6.03 Å². The highest BCUT2D eigenvalue weighted by molar-refractivity contribution is 6.30. The van der Waals surface area contributed by atoms with Crippen molar-refractivity contribution in [3.63, 3.8) is 0 Å². The number of carbonyl (C=O) groups is 1. The van der Waals surface area contributed by atoms with Crippen molar-refractivity contribution in [1.82, 2.24) is 10.6 Å². The first kappa shape index (κ1) is 13.8. The van der Waals surface area contributed by atoms with Gasteiger partial charge in [0.05, 0.1) is 12.6 Å². The number of urea groups is 1. The van der Waals surface area contributed by atoms with E-state index in [1.165, 1.54) is 0 Å². The van der Waals surface area contributed by atoms with Crippen molar-refractivity contribution in [3.05, 3.63) is 34.9 Å². The molecule has 0 fully saturated rings. The molecule has 0 saturated heterocycles. The zero-order valence-electron chi connectivity index (χ0n) is 9.90. The molecule has 0 bridgehead atoms. The highest BCUT2D eigenvalue weighted by atomic mass is 35.5. The molecule has 0 aliphatic rings. The van der Waals surface area contributed by atoms with Crippen LogP contribution in [0.25, 0.3) is 0 Å². The molecule has 0 heterocycles. The van der Waals surface area contributed by atoms with Gasteiger partial charge in [-0.05, 0) is 31.5 Å². The number of aliphatic hydroxyl groups excluding tert-OH is 1. The number of carbonyl (C=O) groups excluding carboxylic acids is 1. The Morgan fingerprint density at radius 3 is 2.35 bits per heavy atom. The first-order valence-electron chi connectivity index (χ1n) is 5.46. The summed E-state index contributed by atoms with van der Waals surface area (Å²) >= 11 is 5.77. The van der Waals surface area contributed by atoms with Gasteiger partial charge in [0, 0.05) is 11.1 Å². The number of aliphatic hydroxyl groups is 1. The van der Waals surface area contributed by atoms with E-state index in [0.29, 0.717) is 5.02 Å². The molecule has 0 spiro atoms. The number of halogens is 1.